The molecule has 1 amide bonds. The summed E-state index contributed by atoms with van der Waals surface area (Å²) in [6.45, 7) is 3.59. The van der Waals surface area contributed by atoms with Crippen LogP contribution < -0.4 is 15.6 Å². The van der Waals surface area contributed by atoms with Crippen molar-refractivity contribution in [3.05, 3.63) is 57.5 Å². The molecule has 0 saturated carbocycles. The van der Waals surface area contributed by atoms with Gasteiger partial charge in [0.1, 0.15) is 11.3 Å². The normalized spacial score (nSPS) is 10.3. The lowest BCUT2D eigenvalue weighted by Crippen LogP contribution is -2.30. The van der Waals surface area contributed by atoms with Gasteiger partial charge >= 0.3 is 0 Å². The third-order valence-electron chi connectivity index (χ3n) is 3.45. The van der Waals surface area contributed by atoms with Crippen molar-refractivity contribution in [2.75, 3.05) is 12.4 Å². The van der Waals surface area contributed by atoms with Gasteiger partial charge in [0.05, 0.1) is 12.8 Å². The van der Waals surface area contributed by atoms with E-state index in [1.807, 2.05) is 19.1 Å². The van der Waals surface area contributed by atoms with Crippen molar-refractivity contribution >= 4 is 11.6 Å². The number of methoxy groups -OCH3 is 1. The maximum Gasteiger partial charge on any atom is 0.263 e. The number of carbonyl (C=O) groups is 1. The van der Waals surface area contributed by atoms with E-state index in [0.29, 0.717) is 17.0 Å². The first-order valence-corrected chi connectivity index (χ1v) is 6.57. The fourth-order valence-corrected chi connectivity index (χ4v) is 2.19. The van der Waals surface area contributed by atoms with E-state index in [2.05, 4.69) is 5.32 Å². The molecule has 21 heavy (non-hydrogen) atoms. The summed E-state index contributed by atoms with van der Waals surface area (Å²) in [6.07, 6.45) is 0. The fourth-order valence-electron chi connectivity index (χ4n) is 2.19. The third kappa shape index (κ3) is 2.81. The van der Waals surface area contributed by atoms with Crippen LogP contribution in [0.1, 0.15) is 21.6 Å². The van der Waals surface area contributed by atoms with Crippen LogP contribution in [0.4, 0.5) is 5.69 Å². The number of amides is 1. The maximum atomic E-state index is 12.4. The van der Waals surface area contributed by atoms with Gasteiger partial charge in [0, 0.05) is 12.7 Å². The quantitative estimate of drug-likeness (QED) is 0.941. The number of ether oxygens (including phenoxy) is 1. The summed E-state index contributed by atoms with van der Waals surface area (Å²) >= 11 is 0. The van der Waals surface area contributed by atoms with Crippen molar-refractivity contribution in [1.29, 1.82) is 0 Å². The minimum absolute atomic E-state index is 0.147. The van der Waals surface area contributed by atoms with Crippen LogP contribution >= 0.6 is 0 Å². The Hall–Kier alpha value is -2.56. The van der Waals surface area contributed by atoms with Crippen molar-refractivity contribution in [2.45, 2.75) is 13.8 Å². The zero-order valence-corrected chi connectivity index (χ0v) is 12.6. The third-order valence-corrected chi connectivity index (χ3v) is 3.45. The zero-order chi connectivity index (χ0) is 15.6. The van der Waals surface area contributed by atoms with Crippen molar-refractivity contribution < 1.29 is 9.53 Å². The molecule has 0 aliphatic carbocycles. The van der Waals surface area contributed by atoms with Crippen molar-refractivity contribution in [2.24, 2.45) is 7.05 Å². The number of benzene rings is 1. The Balaban J connectivity index is 2.42. The Kier molecular flexibility index (Phi) is 4.12. The predicted molar refractivity (Wildman–Crippen MR) is 82.1 cm³/mol. The number of pyridine rings is 1. The summed E-state index contributed by atoms with van der Waals surface area (Å²) in [5, 5.41) is 2.73. The molecular weight excluding hydrogens is 268 g/mol. The van der Waals surface area contributed by atoms with Crippen LogP contribution in [0.25, 0.3) is 0 Å². The van der Waals surface area contributed by atoms with E-state index in [1.165, 1.54) is 11.7 Å². The molecule has 0 bridgehead atoms. The largest absolute Gasteiger partial charge is 0.495 e. The van der Waals surface area contributed by atoms with Crippen molar-refractivity contribution in [3.8, 4) is 5.75 Å². The number of carbonyl (C=O) groups excluding carboxylic acids is 1. The second kappa shape index (κ2) is 5.83. The van der Waals surface area contributed by atoms with Crippen LogP contribution in [0, 0.1) is 13.8 Å². The van der Waals surface area contributed by atoms with Crippen LogP contribution in [0.5, 0.6) is 5.75 Å². The molecule has 1 N–H and O–H groups in total. The van der Waals surface area contributed by atoms with Crippen molar-refractivity contribution in [1.82, 2.24) is 4.57 Å². The number of nitrogens with one attached hydrogen (secondary N) is 1. The lowest BCUT2D eigenvalue weighted by atomic mass is 10.1. The van der Waals surface area contributed by atoms with Gasteiger partial charge in [-0.05, 0) is 37.6 Å². The summed E-state index contributed by atoms with van der Waals surface area (Å²) in [4.78, 5) is 24.7. The van der Waals surface area contributed by atoms with Crippen LogP contribution in [-0.4, -0.2) is 17.6 Å². The first-order chi connectivity index (χ1) is 9.95. The van der Waals surface area contributed by atoms with Gasteiger partial charge in [-0.15, -0.1) is 0 Å². The smallest absolute Gasteiger partial charge is 0.263 e. The van der Waals surface area contributed by atoms with Gasteiger partial charge in [0.25, 0.3) is 11.5 Å². The Morgan fingerprint density at radius 1 is 1.24 bits per heavy atom. The van der Waals surface area contributed by atoms with Gasteiger partial charge in [0.2, 0.25) is 0 Å². The van der Waals surface area contributed by atoms with E-state index in [0.717, 1.165) is 5.69 Å². The Labute approximate surface area is 123 Å². The second-order valence-electron chi connectivity index (χ2n) is 4.86. The summed E-state index contributed by atoms with van der Waals surface area (Å²) < 4.78 is 6.65. The minimum atomic E-state index is -0.433. The Morgan fingerprint density at radius 2 is 1.90 bits per heavy atom. The Morgan fingerprint density at radius 3 is 2.57 bits per heavy atom. The van der Waals surface area contributed by atoms with Crippen LogP contribution in [0.3, 0.4) is 0 Å². The average Bonchev–Trinajstić information content (AvgIpc) is 2.45. The molecule has 5 nitrogen and oxygen atoms in total. The van der Waals surface area contributed by atoms with Crippen LogP contribution in [0.2, 0.25) is 0 Å². The number of nitrogens with zero attached hydrogens (tertiary/aromatic N) is 1. The molecule has 0 radical (unpaired) electrons. The van der Waals surface area contributed by atoms with Gasteiger partial charge in [-0.25, -0.2) is 0 Å². The lowest BCUT2D eigenvalue weighted by molar-refractivity contribution is 0.102. The van der Waals surface area contributed by atoms with E-state index in [9.17, 15) is 9.59 Å². The van der Waals surface area contributed by atoms with E-state index in [1.54, 1.807) is 32.2 Å². The lowest BCUT2D eigenvalue weighted by Gasteiger charge is -2.12. The first-order valence-electron chi connectivity index (χ1n) is 6.57. The highest BCUT2D eigenvalue weighted by atomic mass is 16.5. The highest BCUT2D eigenvalue weighted by molar-refractivity contribution is 6.05. The average molecular weight is 286 g/mol. The number of hydrogen-bond acceptors (Lipinski definition) is 3. The molecule has 2 aromatic rings. The number of aryl methyl sites for hydroxylation is 2. The molecule has 0 fully saturated rings. The summed E-state index contributed by atoms with van der Waals surface area (Å²) in [5.41, 5.74) is 1.84. The highest BCUT2D eigenvalue weighted by Gasteiger charge is 2.17. The summed E-state index contributed by atoms with van der Waals surface area (Å²) in [7, 11) is 3.18. The monoisotopic (exact) mass is 286 g/mol. The molecule has 0 aliphatic rings. The number of anilines is 1. The minimum Gasteiger partial charge on any atom is -0.495 e. The number of para-hydroxylation sites is 2. The molecule has 0 aliphatic heterocycles. The van der Waals surface area contributed by atoms with E-state index in [-0.39, 0.29) is 11.1 Å². The fraction of sp³-hybridized carbons (Fsp3) is 0.250. The molecule has 1 aromatic heterocycles. The van der Waals surface area contributed by atoms with Gasteiger partial charge in [-0.1, -0.05) is 12.1 Å². The Bertz CT molecular complexity index is 748. The van der Waals surface area contributed by atoms with Crippen LogP contribution in [-0.2, 0) is 7.05 Å². The molecule has 5 heteroatoms. The number of rotatable bonds is 3. The SMILES string of the molecule is COc1ccccc1NC(=O)c1c(C)cc(C)n(C)c1=O. The molecule has 0 spiro atoms. The molecule has 1 heterocycles. The number of hydrogen-bond donors (Lipinski definition) is 1. The molecule has 2 rings (SSSR count). The van der Waals surface area contributed by atoms with Gasteiger partial charge in [-0.2, -0.15) is 0 Å². The van der Waals surface area contributed by atoms with Crippen LogP contribution in [0.15, 0.2) is 35.1 Å². The molecule has 0 saturated heterocycles. The standard InChI is InChI=1S/C16H18N2O3/c1-10-9-11(2)18(3)16(20)14(10)15(19)17-12-7-5-6-8-13(12)21-4/h5-9H,1-4H3,(H,17,19). The van der Waals surface area contributed by atoms with E-state index in [4.69, 9.17) is 4.74 Å². The molecule has 0 unspecified atom stereocenters. The van der Waals surface area contributed by atoms with Gasteiger partial charge in [0.15, 0.2) is 0 Å². The molecule has 0 atom stereocenters. The second-order valence-corrected chi connectivity index (χ2v) is 4.86. The summed E-state index contributed by atoms with van der Waals surface area (Å²) in [6, 6.07) is 8.89. The molecule has 110 valence electrons. The van der Waals surface area contributed by atoms with Gasteiger partial charge < -0.3 is 14.6 Å². The van der Waals surface area contributed by atoms with E-state index < -0.39 is 5.91 Å². The number of aromatic nitrogens is 1. The highest BCUT2D eigenvalue weighted by Crippen LogP contribution is 2.23. The zero-order valence-electron chi connectivity index (χ0n) is 12.6. The van der Waals surface area contributed by atoms with Gasteiger partial charge in [-0.3, -0.25) is 9.59 Å². The molecular formula is C16H18N2O3. The maximum absolute atomic E-state index is 12.4. The first kappa shape index (κ1) is 14.8. The van der Waals surface area contributed by atoms with Crippen molar-refractivity contribution in [3.63, 3.8) is 0 Å². The summed E-state index contributed by atoms with van der Waals surface area (Å²) in [5.74, 6) is 0.116. The molecule has 1 aromatic carbocycles. The van der Waals surface area contributed by atoms with E-state index >= 15 is 0 Å². The topological polar surface area (TPSA) is 60.3 Å². The predicted octanol–water partition coefficient (Wildman–Crippen LogP) is 2.26.